The fourth-order valence-corrected chi connectivity index (χ4v) is 3.14. The Morgan fingerprint density at radius 2 is 1.89 bits per heavy atom. The number of anilines is 1. The monoisotopic (exact) mass is 367 g/mol. The van der Waals surface area contributed by atoms with Crippen LogP contribution in [0.5, 0.6) is 0 Å². The molecule has 1 unspecified atom stereocenters. The minimum Gasteiger partial charge on any atom is -0.481 e. The van der Waals surface area contributed by atoms with Crippen LogP contribution in [-0.4, -0.2) is 29.1 Å². The summed E-state index contributed by atoms with van der Waals surface area (Å²) in [6.07, 6.45) is 0.829. The Balaban J connectivity index is 1.67. The number of rotatable bonds is 7. The summed E-state index contributed by atoms with van der Waals surface area (Å²) in [5, 5.41) is 17.3. The number of benzene rings is 2. The van der Waals surface area contributed by atoms with Crippen LogP contribution in [0.15, 0.2) is 48.5 Å². The molecule has 0 spiro atoms. The SMILES string of the molecule is O=C(O)CCC(Cc1ccccc1)NC(=O)Nc1cccc2c1CNC2=O. The number of fused-ring (bicyclic) bond motifs is 1. The van der Waals surface area contributed by atoms with Crippen molar-refractivity contribution in [2.75, 3.05) is 5.32 Å². The topological polar surface area (TPSA) is 108 Å². The zero-order valence-electron chi connectivity index (χ0n) is 14.7. The quantitative estimate of drug-likeness (QED) is 0.603. The van der Waals surface area contributed by atoms with Gasteiger partial charge in [-0.25, -0.2) is 4.79 Å². The van der Waals surface area contributed by atoms with Crippen LogP contribution in [0.25, 0.3) is 0 Å². The fraction of sp³-hybridized carbons (Fsp3) is 0.250. The van der Waals surface area contributed by atoms with E-state index in [1.54, 1.807) is 18.2 Å². The molecular weight excluding hydrogens is 346 g/mol. The number of urea groups is 1. The number of carboxylic acid groups (broad SMARTS) is 1. The normalized spacial score (nSPS) is 13.4. The Morgan fingerprint density at radius 1 is 1.11 bits per heavy atom. The van der Waals surface area contributed by atoms with Gasteiger partial charge in [-0.1, -0.05) is 36.4 Å². The van der Waals surface area contributed by atoms with E-state index in [9.17, 15) is 14.4 Å². The van der Waals surface area contributed by atoms with Gasteiger partial charge < -0.3 is 21.1 Å². The van der Waals surface area contributed by atoms with Crippen LogP contribution in [0.1, 0.15) is 34.3 Å². The first-order valence-electron chi connectivity index (χ1n) is 8.76. The molecule has 7 heteroatoms. The van der Waals surface area contributed by atoms with Crippen LogP contribution in [0.2, 0.25) is 0 Å². The maximum atomic E-state index is 12.5. The van der Waals surface area contributed by atoms with Crippen molar-refractivity contribution in [2.24, 2.45) is 0 Å². The molecule has 4 N–H and O–H groups in total. The van der Waals surface area contributed by atoms with E-state index in [2.05, 4.69) is 16.0 Å². The van der Waals surface area contributed by atoms with E-state index in [0.717, 1.165) is 11.1 Å². The highest BCUT2D eigenvalue weighted by atomic mass is 16.4. The first-order valence-corrected chi connectivity index (χ1v) is 8.76. The molecule has 0 fully saturated rings. The maximum Gasteiger partial charge on any atom is 0.319 e. The molecule has 2 aromatic rings. The highest BCUT2D eigenvalue weighted by Gasteiger charge is 2.22. The standard InChI is InChI=1S/C20H21N3O4/c24-18(25)10-9-14(11-13-5-2-1-3-6-13)22-20(27)23-17-8-4-7-15-16(17)12-21-19(15)26/h1-8,14H,9-12H2,(H,21,26)(H,24,25)(H2,22,23,27). The van der Waals surface area contributed by atoms with Gasteiger partial charge in [-0.2, -0.15) is 0 Å². The Bertz CT molecular complexity index is 852. The average molecular weight is 367 g/mol. The second kappa shape index (κ2) is 8.35. The minimum atomic E-state index is -0.902. The molecule has 0 saturated carbocycles. The number of hydrogen-bond acceptors (Lipinski definition) is 3. The molecule has 0 bridgehead atoms. The smallest absolute Gasteiger partial charge is 0.319 e. The van der Waals surface area contributed by atoms with Crippen molar-refractivity contribution in [3.63, 3.8) is 0 Å². The van der Waals surface area contributed by atoms with Gasteiger partial charge in [0, 0.05) is 35.8 Å². The van der Waals surface area contributed by atoms with Gasteiger partial charge in [0.2, 0.25) is 0 Å². The van der Waals surface area contributed by atoms with Crippen molar-refractivity contribution in [1.29, 1.82) is 0 Å². The first-order chi connectivity index (χ1) is 13.0. The van der Waals surface area contributed by atoms with E-state index in [0.29, 0.717) is 30.6 Å². The van der Waals surface area contributed by atoms with Gasteiger partial charge >= 0.3 is 12.0 Å². The molecule has 1 heterocycles. The number of aliphatic carboxylic acids is 1. The fourth-order valence-electron chi connectivity index (χ4n) is 3.14. The Kier molecular flexibility index (Phi) is 5.71. The van der Waals surface area contributed by atoms with E-state index in [-0.39, 0.29) is 18.4 Å². The molecule has 1 aliphatic heterocycles. The van der Waals surface area contributed by atoms with Crippen molar-refractivity contribution in [2.45, 2.75) is 31.8 Å². The van der Waals surface area contributed by atoms with Gasteiger partial charge in [-0.05, 0) is 30.5 Å². The number of carbonyl (C=O) groups is 3. The lowest BCUT2D eigenvalue weighted by atomic mass is 10.0. The molecule has 0 aliphatic carbocycles. The number of amides is 3. The van der Waals surface area contributed by atoms with E-state index < -0.39 is 12.0 Å². The lowest BCUT2D eigenvalue weighted by Gasteiger charge is -2.19. The summed E-state index contributed by atoms with van der Waals surface area (Å²) in [6, 6.07) is 14.0. The van der Waals surface area contributed by atoms with E-state index >= 15 is 0 Å². The molecule has 2 aromatic carbocycles. The van der Waals surface area contributed by atoms with Gasteiger partial charge in [0.05, 0.1) is 0 Å². The lowest BCUT2D eigenvalue weighted by Crippen LogP contribution is -2.39. The van der Waals surface area contributed by atoms with Crippen LogP contribution in [0, 0.1) is 0 Å². The average Bonchev–Trinajstić information content (AvgIpc) is 3.03. The van der Waals surface area contributed by atoms with Crippen LogP contribution in [-0.2, 0) is 17.8 Å². The molecule has 1 atom stereocenters. The van der Waals surface area contributed by atoms with E-state index in [4.69, 9.17) is 5.11 Å². The molecule has 140 valence electrons. The number of hydrogen-bond donors (Lipinski definition) is 4. The number of carbonyl (C=O) groups excluding carboxylic acids is 2. The zero-order chi connectivity index (χ0) is 19.2. The molecule has 0 radical (unpaired) electrons. The highest BCUT2D eigenvalue weighted by Crippen LogP contribution is 2.24. The summed E-state index contributed by atoms with van der Waals surface area (Å²) >= 11 is 0. The molecule has 7 nitrogen and oxygen atoms in total. The van der Waals surface area contributed by atoms with E-state index in [1.807, 2.05) is 30.3 Å². The van der Waals surface area contributed by atoms with Gasteiger partial charge in [0.25, 0.3) is 5.91 Å². The Hall–Kier alpha value is -3.35. The predicted octanol–water partition coefficient (Wildman–Crippen LogP) is 2.53. The summed E-state index contributed by atoms with van der Waals surface area (Å²) < 4.78 is 0. The summed E-state index contributed by atoms with van der Waals surface area (Å²) in [7, 11) is 0. The third-order valence-corrected chi connectivity index (χ3v) is 4.46. The Morgan fingerprint density at radius 3 is 2.63 bits per heavy atom. The highest BCUT2D eigenvalue weighted by molar-refractivity contribution is 6.01. The summed E-state index contributed by atoms with van der Waals surface area (Å²) in [4.78, 5) is 35.1. The minimum absolute atomic E-state index is 0.0308. The van der Waals surface area contributed by atoms with Gasteiger partial charge in [-0.3, -0.25) is 9.59 Å². The second-order valence-electron chi connectivity index (χ2n) is 6.43. The number of carboxylic acids is 1. The van der Waals surface area contributed by atoms with Crippen molar-refractivity contribution in [1.82, 2.24) is 10.6 Å². The Labute approximate surface area is 156 Å². The van der Waals surface area contributed by atoms with Crippen molar-refractivity contribution in [3.8, 4) is 0 Å². The molecule has 0 aromatic heterocycles. The van der Waals surface area contributed by atoms with Gasteiger partial charge in [0.15, 0.2) is 0 Å². The van der Waals surface area contributed by atoms with Gasteiger partial charge in [0.1, 0.15) is 0 Å². The molecule has 1 aliphatic rings. The summed E-state index contributed by atoms with van der Waals surface area (Å²) in [5.74, 6) is -1.06. The summed E-state index contributed by atoms with van der Waals surface area (Å²) in [6.45, 7) is 0.372. The molecule has 3 amide bonds. The van der Waals surface area contributed by atoms with E-state index in [1.165, 1.54) is 0 Å². The van der Waals surface area contributed by atoms with Crippen molar-refractivity contribution >= 4 is 23.6 Å². The van der Waals surface area contributed by atoms with Crippen LogP contribution >= 0.6 is 0 Å². The summed E-state index contributed by atoms with van der Waals surface area (Å²) in [5.41, 5.74) is 2.89. The number of nitrogens with one attached hydrogen (secondary N) is 3. The van der Waals surface area contributed by atoms with Crippen molar-refractivity contribution in [3.05, 3.63) is 65.2 Å². The predicted molar refractivity (Wildman–Crippen MR) is 101 cm³/mol. The van der Waals surface area contributed by atoms with Crippen LogP contribution in [0.4, 0.5) is 10.5 Å². The third kappa shape index (κ3) is 4.84. The third-order valence-electron chi connectivity index (χ3n) is 4.46. The molecule has 3 rings (SSSR count). The largest absolute Gasteiger partial charge is 0.481 e. The van der Waals surface area contributed by atoms with Gasteiger partial charge in [-0.15, -0.1) is 0 Å². The van der Waals surface area contributed by atoms with Crippen LogP contribution in [0.3, 0.4) is 0 Å². The molecule has 27 heavy (non-hydrogen) atoms. The zero-order valence-corrected chi connectivity index (χ0v) is 14.7. The van der Waals surface area contributed by atoms with Crippen LogP contribution < -0.4 is 16.0 Å². The lowest BCUT2D eigenvalue weighted by molar-refractivity contribution is -0.137. The second-order valence-corrected chi connectivity index (χ2v) is 6.43. The maximum absolute atomic E-state index is 12.5. The molecule has 0 saturated heterocycles. The molecular formula is C20H21N3O4. The first kappa shape index (κ1) is 18.4. The van der Waals surface area contributed by atoms with Crippen molar-refractivity contribution < 1.29 is 19.5 Å².